The first-order valence-electron chi connectivity index (χ1n) is 4.34. The Kier molecular flexibility index (Phi) is 1.52. The van der Waals surface area contributed by atoms with E-state index in [1.807, 2.05) is 7.05 Å². The third-order valence-corrected chi connectivity index (χ3v) is 2.14. The van der Waals surface area contributed by atoms with E-state index in [1.54, 1.807) is 21.9 Å². The monoisotopic (exact) mass is 201 g/mol. The van der Waals surface area contributed by atoms with Crippen molar-refractivity contribution in [3.63, 3.8) is 0 Å². The van der Waals surface area contributed by atoms with Gasteiger partial charge in [0.05, 0.1) is 11.6 Å². The first-order chi connectivity index (χ1) is 7.36. The lowest BCUT2D eigenvalue weighted by Crippen LogP contribution is -2.00. The SMILES string of the molecule is Cn1ncc2c(-n3cncn3)ncnc21. The van der Waals surface area contributed by atoms with Crippen LogP contribution in [0.3, 0.4) is 0 Å². The zero-order valence-corrected chi connectivity index (χ0v) is 7.94. The molecular weight excluding hydrogens is 194 g/mol. The number of hydrogen-bond acceptors (Lipinski definition) is 5. The summed E-state index contributed by atoms with van der Waals surface area (Å²) in [5.41, 5.74) is 0.774. The molecule has 0 N–H and O–H groups in total. The Morgan fingerprint density at radius 2 is 2.07 bits per heavy atom. The van der Waals surface area contributed by atoms with Crippen LogP contribution in [-0.2, 0) is 7.05 Å². The molecule has 74 valence electrons. The molecule has 7 nitrogen and oxygen atoms in total. The van der Waals surface area contributed by atoms with Crippen molar-refractivity contribution in [2.75, 3.05) is 0 Å². The number of fused-ring (bicyclic) bond motifs is 1. The van der Waals surface area contributed by atoms with Crippen molar-refractivity contribution in [2.45, 2.75) is 0 Å². The summed E-state index contributed by atoms with van der Waals surface area (Å²) in [6, 6.07) is 0. The Hall–Kier alpha value is -2.31. The van der Waals surface area contributed by atoms with Crippen LogP contribution in [0.25, 0.3) is 16.9 Å². The summed E-state index contributed by atoms with van der Waals surface area (Å²) in [5, 5.41) is 9.00. The number of aromatic nitrogens is 7. The van der Waals surface area contributed by atoms with Gasteiger partial charge >= 0.3 is 0 Å². The van der Waals surface area contributed by atoms with Gasteiger partial charge in [-0.2, -0.15) is 10.2 Å². The lowest BCUT2D eigenvalue weighted by atomic mass is 10.4. The summed E-state index contributed by atoms with van der Waals surface area (Å²) in [7, 11) is 1.83. The molecule has 0 unspecified atom stereocenters. The molecule has 3 aromatic rings. The van der Waals surface area contributed by atoms with E-state index in [-0.39, 0.29) is 0 Å². The van der Waals surface area contributed by atoms with E-state index in [2.05, 4.69) is 25.1 Å². The maximum absolute atomic E-state index is 4.16. The number of hydrogen-bond donors (Lipinski definition) is 0. The molecule has 3 rings (SSSR count). The van der Waals surface area contributed by atoms with Gasteiger partial charge in [0.2, 0.25) is 0 Å². The molecule has 0 aliphatic heterocycles. The Bertz CT molecular complexity index is 595. The van der Waals surface area contributed by atoms with Crippen LogP contribution in [0.4, 0.5) is 0 Å². The van der Waals surface area contributed by atoms with E-state index in [0.717, 1.165) is 11.0 Å². The summed E-state index contributed by atoms with van der Waals surface area (Å²) < 4.78 is 3.28. The average Bonchev–Trinajstić information content (AvgIpc) is 2.88. The summed E-state index contributed by atoms with van der Waals surface area (Å²) in [4.78, 5) is 12.2. The second-order valence-corrected chi connectivity index (χ2v) is 3.04. The Balaban J connectivity index is 2.36. The van der Waals surface area contributed by atoms with Crippen LogP contribution in [0.1, 0.15) is 0 Å². The van der Waals surface area contributed by atoms with Crippen LogP contribution in [0.5, 0.6) is 0 Å². The standard InChI is InChI=1S/C8H7N7/c1-14-7-6(2-12-14)8(11-4-10-7)15-5-9-3-13-15/h2-5H,1H3. The molecule has 0 atom stereocenters. The van der Waals surface area contributed by atoms with Crippen LogP contribution < -0.4 is 0 Å². The fourth-order valence-corrected chi connectivity index (χ4v) is 1.45. The number of aryl methyl sites for hydroxylation is 1. The van der Waals surface area contributed by atoms with Gasteiger partial charge in [-0.1, -0.05) is 0 Å². The molecule has 0 radical (unpaired) electrons. The third kappa shape index (κ3) is 1.09. The molecular formula is C8H7N7. The van der Waals surface area contributed by atoms with Crippen molar-refractivity contribution in [1.82, 2.24) is 34.5 Å². The van der Waals surface area contributed by atoms with Crippen molar-refractivity contribution < 1.29 is 0 Å². The molecule has 0 aliphatic rings. The molecule has 0 aromatic carbocycles. The van der Waals surface area contributed by atoms with E-state index < -0.39 is 0 Å². The van der Waals surface area contributed by atoms with Crippen LogP contribution >= 0.6 is 0 Å². The smallest absolute Gasteiger partial charge is 0.169 e. The second kappa shape index (κ2) is 2.84. The highest BCUT2D eigenvalue weighted by Crippen LogP contribution is 2.15. The van der Waals surface area contributed by atoms with Gasteiger partial charge < -0.3 is 0 Å². The van der Waals surface area contributed by atoms with E-state index in [1.165, 1.54) is 12.7 Å². The predicted molar refractivity (Wildman–Crippen MR) is 51.2 cm³/mol. The molecule has 15 heavy (non-hydrogen) atoms. The fraction of sp³-hybridized carbons (Fsp3) is 0.125. The maximum Gasteiger partial charge on any atom is 0.169 e. The van der Waals surface area contributed by atoms with Gasteiger partial charge in [0, 0.05) is 7.05 Å². The predicted octanol–water partition coefficient (Wildman–Crippen LogP) is -0.0560. The zero-order chi connectivity index (χ0) is 10.3. The Morgan fingerprint density at radius 1 is 1.13 bits per heavy atom. The van der Waals surface area contributed by atoms with Crippen molar-refractivity contribution in [3.8, 4) is 5.82 Å². The summed E-state index contributed by atoms with van der Waals surface area (Å²) >= 11 is 0. The minimum Gasteiger partial charge on any atom is -0.250 e. The molecule has 3 aromatic heterocycles. The van der Waals surface area contributed by atoms with Crippen LogP contribution in [0.2, 0.25) is 0 Å². The highest BCUT2D eigenvalue weighted by Gasteiger charge is 2.09. The lowest BCUT2D eigenvalue weighted by molar-refractivity contribution is 0.784. The van der Waals surface area contributed by atoms with Gasteiger partial charge in [0.15, 0.2) is 11.5 Å². The van der Waals surface area contributed by atoms with Gasteiger partial charge in [-0.3, -0.25) is 4.68 Å². The van der Waals surface area contributed by atoms with E-state index >= 15 is 0 Å². The first-order valence-corrected chi connectivity index (χ1v) is 4.34. The fourth-order valence-electron chi connectivity index (χ4n) is 1.45. The molecule has 0 fully saturated rings. The topological polar surface area (TPSA) is 74.3 Å². The lowest BCUT2D eigenvalue weighted by Gasteiger charge is -1.99. The Labute approximate surface area is 84.4 Å². The van der Waals surface area contributed by atoms with Gasteiger partial charge in [-0.15, -0.1) is 0 Å². The molecule has 0 saturated heterocycles. The molecule has 7 heteroatoms. The third-order valence-electron chi connectivity index (χ3n) is 2.14. The summed E-state index contributed by atoms with van der Waals surface area (Å²) in [6.07, 6.45) is 6.26. The van der Waals surface area contributed by atoms with Crippen molar-refractivity contribution in [3.05, 3.63) is 25.2 Å². The van der Waals surface area contributed by atoms with E-state index in [9.17, 15) is 0 Å². The van der Waals surface area contributed by atoms with E-state index in [0.29, 0.717) is 5.82 Å². The number of rotatable bonds is 1. The van der Waals surface area contributed by atoms with E-state index in [4.69, 9.17) is 0 Å². The molecule has 0 bridgehead atoms. The van der Waals surface area contributed by atoms with Crippen molar-refractivity contribution >= 4 is 11.0 Å². The number of nitrogens with zero attached hydrogens (tertiary/aromatic N) is 7. The van der Waals surface area contributed by atoms with Crippen molar-refractivity contribution in [1.29, 1.82) is 0 Å². The minimum absolute atomic E-state index is 0.686. The highest BCUT2D eigenvalue weighted by molar-refractivity contribution is 5.81. The Morgan fingerprint density at radius 3 is 2.87 bits per heavy atom. The maximum atomic E-state index is 4.16. The van der Waals surface area contributed by atoms with Crippen molar-refractivity contribution in [2.24, 2.45) is 7.05 Å². The van der Waals surface area contributed by atoms with Crippen LogP contribution in [0.15, 0.2) is 25.2 Å². The quantitative estimate of drug-likeness (QED) is 0.551. The molecule has 0 saturated carbocycles. The van der Waals surface area contributed by atoms with Crippen LogP contribution in [-0.4, -0.2) is 34.5 Å². The summed E-state index contributed by atoms with van der Waals surface area (Å²) in [5.74, 6) is 0.686. The van der Waals surface area contributed by atoms with Gasteiger partial charge in [0.25, 0.3) is 0 Å². The average molecular weight is 201 g/mol. The highest BCUT2D eigenvalue weighted by atomic mass is 15.4. The van der Waals surface area contributed by atoms with Gasteiger partial charge in [0.1, 0.15) is 19.0 Å². The normalized spacial score (nSPS) is 11.0. The first kappa shape index (κ1) is 8.04. The van der Waals surface area contributed by atoms with Crippen LogP contribution in [0, 0.1) is 0 Å². The zero-order valence-electron chi connectivity index (χ0n) is 7.94. The molecule has 3 heterocycles. The molecule has 0 spiro atoms. The van der Waals surface area contributed by atoms with Gasteiger partial charge in [-0.25, -0.2) is 19.6 Å². The summed E-state index contributed by atoms with van der Waals surface area (Å²) in [6.45, 7) is 0. The molecule has 0 aliphatic carbocycles. The van der Waals surface area contributed by atoms with Gasteiger partial charge in [-0.05, 0) is 0 Å². The second-order valence-electron chi connectivity index (χ2n) is 3.04. The minimum atomic E-state index is 0.686. The molecule has 0 amide bonds. The largest absolute Gasteiger partial charge is 0.250 e.